The summed E-state index contributed by atoms with van der Waals surface area (Å²) in [7, 11) is 2.61. The first-order chi connectivity index (χ1) is 24.9. The van der Waals surface area contributed by atoms with E-state index in [1.54, 1.807) is 12.1 Å². The quantitative estimate of drug-likeness (QED) is 0.204. The third-order valence-corrected chi connectivity index (χ3v) is 8.57. The first kappa shape index (κ1) is 35.6. The third-order valence-electron chi connectivity index (χ3n) is 8.57. The molecule has 0 saturated carbocycles. The second kappa shape index (κ2) is 14.9. The van der Waals surface area contributed by atoms with E-state index in [1.165, 1.54) is 25.2 Å². The number of fused-ring (bicyclic) bond motifs is 8. The third kappa shape index (κ3) is 7.42. The Morgan fingerprint density at radius 1 is 0.827 bits per heavy atom. The lowest BCUT2D eigenvalue weighted by atomic mass is 10.2. The van der Waals surface area contributed by atoms with Crippen molar-refractivity contribution in [1.29, 1.82) is 0 Å². The van der Waals surface area contributed by atoms with Crippen LogP contribution >= 0.6 is 0 Å². The smallest absolute Gasteiger partial charge is 0.356 e. The van der Waals surface area contributed by atoms with Crippen molar-refractivity contribution in [3.05, 3.63) is 83.4 Å². The number of amides is 2. The molecule has 2 saturated heterocycles. The molecule has 0 spiro atoms. The average molecular weight is 725 g/mol. The topological polar surface area (TPSA) is 181 Å². The van der Waals surface area contributed by atoms with Crippen LogP contribution in [0.1, 0.15) is 33.8 Å². The van der Waals surface area contributed by atoms with Crippen LogP contribution in [0.4, 0.5) is 57.0 Å². The Kier molecular flexibility index (Phi) is 10.2. The standard InChI is InChI=1S/C17H15F2N5O3.C11H13N3O2.C5H4F2N2/c1-27-16(25)12-2-3-13-15(21-12)24(10-4-5-23(13)8-10)17(26)22-14-11(19)6-9(18)7-20-14;1-16-11(15)8-2-3-9-10(13-8)12-7-4-5-14(9)6-7;6-3-1-4(7)5(8)9-2-3/h2-3,6-7,10H,4-5,8H2,1H3,(H,20,22,26);2-3,7H,4-6H2,1H3,(H,12,13);1-2H,(H2,8,9)/t10-;7-;/m00./s1. The number of esters is 2. The molecule has 8 rings (SSSR count). The van der Waals surface area contributed by atoms with Gasteiger partial charge in [0.1, 0.15) is 11.6 Å². The Labute approximate surface area is 293 Å². The summed E-state index contributed by atoms with van der Waals surface area (Å²) in [4.78, 5) is 57.1. The van der Waals surface area contributed by atoms with E-state index in [0.29, 0.717) is 42.5 Å². The second-order valence-electron chi connectivity index (χ2n) is 11.9. The van der Waals surface area contributed by atoms with E-state index in [-0.39, 0.29) is 29.2 Å². The number of ether oxygens (including phenoxy) is 2. The van der Waals surface area contributed by atoms with E-state index in [0.717, 1.165) is 50.0 Å². The van der Waals surface area contributed by atoms with Crippen molar-refractivity contribution >= 4 is 52.6 Å². The first-order valence-electron chi connectivity index (χ1n) is 15.9. The van der Waals surface area contributed by atoms with Crippen molar-refractivity contribution < 1.29 is 41.4 Å². The Balaban J connectivity index is 0.000000155. The maximum atomic E-state index is 13.9. The Morgan fingerprint density at radius 2 is 1.44 bits per heavy atom. The van der Waals surface area contributed by atoms with Crippen LogP contribution in [0.25, 0.3) is 0 Å². The molecular weight excluding hydrogens is 692 g/mol. The molecule has 8 heterocycles. The molecule has 2 atom stereocenters. The van der Waals surface area contributed by atoms with E-state index in [2.05, 4.69) is 49.8 Å². The van der Waals surface area contributed by atoms with Crippen LogP contribution in [0.2, 0.25) is 0 Å². The molecule has 272 valence electrons. The summed E-state index contributed by atoms with van der Waals surface area (Å²) >= 11 is 0. The highest BCUT2D eigenvalue weighted by Crippen LogP contribution is 2.39. The molecule has 0 aliphatic carbocycles. The fraction of sp³-hybridized carbons (Fsp3) is 0.303. The molecule has 4 aromatic heterocycles. The molecule has 2 fully saturated rings. The summed E-state index contributed by atoms with van der Waals surface area (Å²) in [5, 5.41) is 5.70. The van der Waals surface area contributed by atoms with E-state index >= 15 is 0 Å². The van der Waals surface area contributed by atoms with Crippen LogP contribution < -0.4 is 31.1 Å². The molecule has 0 radical (unpaired) electrons. The highest BCUT2D eigenvalue weighted by molar-refractivity contribution is 6.04. The van der Waals surface area contributed by atoms with E-state index in [9.17, 15) is 31.9 Å². The van der Waals surface area contributed by atoms with Gasteiger partial charge in [0, 0.05) is 44.4 Å². The summed E-state index contributed by atoms with van der Waals surface area (Å²) in [6, 6.07) is 7.81. The average Bonchev–Trinajstić information content (AvgIpc) is 3.74. The normalized spacial score (nSPS) is 17.3. The van der Waals surface area contributed by atoms with E-state index in [1.807, 2.05) is 6.07 Å². The van der Waals surface area contributed by atoms with Crippen LogP contribution in [0, 0.1) is 23.3 Å². The largest absolute Gasteiger partial charge is 0.464 e. The maximum absolute atomic E-state index is 13.9. The van der Waals surface area contributed by atoms with Crippen molar-refractivity contribution in [3.63, 3.8) is 0 Å². The van der Waals surface area contributed by atoms with Crippen molar-refractivity contribution in [1.82, 2.24) is 19.9 Å². The fourth-order valence-electron chi connectivity index (χ4n) is 6.10. The molecule has 15 nitrogen and oxygen atoms in total. The fourth-order valence-corrected chi connectivity index (χ4v) is 6.10. The number of halogens is 4. The first-order valence-corrected chi connectivity index (χ1v) is 15.9. The zero-order valence-electron chi connectivity index (χ0n) is 27.8. The van der Waals surface area contributed by atoms with Crippen molar-refractivity contribution in [2.75, 3.05) is 71.5 Å². The minimum Gasteiger partial charge on any atom is -0.464 e. The predicted molar refractivity (Wildman–Crippen MR) is 180 cm³/mol. The number of carbonyl (C=O) groups is 3. The lowest BCUT2D eigenvalue weighted by molar-refractivity contribution is 0.0585. The number of nitrogens with zero attached hydrogens (tertiary/aromatic N) is 7. The summed E-state index contributed by atoms with van der Waals surface area (Å²) in [5.41, 5.74) is 7.13. The molecule has 2 amide bonds. The second-order valence-corrected chi connectivity index (χ2v) is 11.9. The number of nitrogen functional groups attached to an aromatic ring is 1. The maximum Gasteiger partial charge on any atom is 0.356 e. The molecule has 4 aliphatic heterocycles. The SMILES string of the molecule is COC(=O)c1ccc2c(n1)N(C(=O)Nc1ncc(F)cc1F)[C@H]1CCN2C1.COC(=O)c1ccc2c(n1)N[C@H]1CCN2C1.Nc1ncc(F)cc1F. The zero-order chi connectivity index (χ0) is 37.1. The number of urea groups is 1. The number of rotatable bonds is 3. The van der Waals surface area contributed by atoms with Gasteiger partial charge in [0.2, 0.25) is 0 Å². The summed E-state index contributed by atoms with van der Waals surface area (Å²) in [6.07, 6.45) is 3.49. The van der Waals surface area contributed by atoms with Gasteiger partial charge in [0.15, 0.2) is 46.3 Å². The van der Waals surface area contributed by atoms with Gasteiger partial charge in [-0.2, -0.15) is 0 Å². The van der Waals surface area contributed by atoms with Gasteiger partial charge < -0.3 is 30.3 Å². The van der Waals surface area contributed by atoms with Crippen LogP contribution in [0.3, 0.4) is 0 Å². The van der Waals surface area contributed by atoms with E-state index in [4.69, 9.17) is 5.73 Å². The molecule has 4 aromatic rings. The molecule has 4 N–H and O–H groups in total. The molecule has 4 aliphatic rings. The number of pyridine rings is 4. The lowest BCUT2D eigenvalue weighted by Crippen LogP contribution is -2.48. The number of nitrogens with one attached hydrogen (secondary N) is 2. The number of nitrogens with two attached hydrogens (primary N) is 1. The van der Waals surface area contributed by atoms with Gasteiger partial charge in [-0.3, -0.25) is 10.2 Å². The number of methoxy groups -OCH3 is 2. The Hall–Kier alpha value is -6.27. The number of hydrogen-bond acceptors (Lipinski definition) is 13. The summed E-state index contributed by atoms with van der Waals surface area (Å²) in [5.74, 6) is -3.96. The zero-order valence-corrected chi connectivity index (χ0v) is 27.8. The number of hydrogen-bond donors (Lipinski definition) is 3. The molecule has 0 unspecified atom stereocenters. The van der Waals surface area contributed by atoms with Gasteiger partial charge >= 0.3 is 18.0 Å². The van der Waals surface area contributed by atoms with E-state index < -0.39 is 41.2 Å². The number of carbonyl (C=O) groups excluding carboxylic acids is 3. The predicted octanol–water partition coefficient (Wildman–Crippen LogP) is 3.99. The van der Waals surface area contributed by atoms with Gasteiger partial charge in [0.25, 0.3) is 0 Å². The van der Waals surface area contributed by atoms with Crippen molar-refractivity contribution in [2.24, 2.45) is 0 Å². The Morgan fingerprint density at radius 3 is 2.10 bits per heavy atom. The molecular formula is C33H32F4N10O5. The van der Waals surface area contributed by atoms with Gasteiger partial charge in [-0.1, -0.05) is 0 Å². The van der Waals surface area contributed by atoms with Crippen LogP contribution in [-0.2, 0) is 9.47 Å². The summed E-state index contributed by atoms with van der Waals surface area (Å²) < 4.78 is 60.4. The highest BCUT2D eigenvalue weighted by atomic mass is 19.1. The van der Waals surface area contributed by atoms with Crippen LogP contribution in [0.5, 0.6) is 0 Å². The minimum atomic E-state index is -0.982. The number of anilines is 6. The monoisotopic (exact) mass is 724 g/mol. The van der Waals surface area contributed by atoms with Gasteiger partial charge in [-0.25, -0.2) is 51.9 Å². The minimum absolute atomic E-state index is 0.0580. The van der Waals surface area contributed by atoms with Crippen molar-refractivity contribution in [3.8, 4) is 0 Å². The highest BCUT2D eigenvalue weighted by Gasteiger charge is 2.41. The lowest BCUT2D eigenvalue weighted by Gasteiger charge is -2.35. The van der Waals surface area contributed by atoms with Gasteiger partial charge in [0.05, 0.1) is 44.0 Å². The summed E-state index contributed by atoms with van der Waals surface area (Å²) in [6.45, 7) is 3.42. The van der Waals surface area contributed by atoms with Gasteiger partial charge in [-0.15, -0.1) is 0 Å². The van der Waals surface area contributed by atoms with Crippen LogP contribution in [-0.4, -0.2) is 90.4 Å². The number of aromatic nitrogens is 4. The van der Waals surface area contributed by atoms with Crippen molar-refractivity contribution in [2.45, 2.75) is 24.9 Å². The Bertz CT molecular complexity index is 2020. The van der Waals surface area contributed by atoms with Gasteiger partial charge in [-0.05, 0) is 37.1 Å². The molecule has 52 heavy (non-hydrogen) atoms. The molecule has 0 aromatic carbocycles. The molecule has 4 bridgehead atoms. The van der Waals surface area contributed by atoms with Crippen LogP contribution in [0.15, 0.2) is 48.8 Å². The molecule has 19 heteroatoms.